The summed E-state index contributed by atoms with van der Waals surface area (Å²) in [6, 6.07) is 20.7. The van der Waals surface area contributed by atoms with E-state index in [1.165, 1.54) is 5.56 Å². The number of anilines is 1. The number of halogens is 1. The van der Waals surface area contributed by atoms with E-state index >= 15 is 0 Å². The molecule has 3 heteroatoms. The Morgan fingerprint density at radius 1 is 0.909 bits per heavy atom. The SMILES string of the molecule is CCc1ccc(NCc2ccc(-c3ccc(Br)cc3)o2)cc1. The highest BCUT2D eigenvalue weighted by atomic mass is 79.9. The Balaban J connectivity index is 1.65. The Labute approximate surface area is 139 Å². The number of nitrogens with one attached hydrogen (secondary N) is 1. The molecular formula is C19H18BrNO. The lowest BCUT2D eigenvalue weighted by Gasteiger charge is -2.05. The van der Waals surface area contributed by atoms with Crippen LogP contribution < -0.4 is 5.32 Å². The molecule has 1 aromatic heterocycles. The quantitative estimate of drug-likeness (QED) is 0.617. The van der Waals surface area contributed by atoms with Crippen molar-refractivity contribution < 1.29 is 4.42 Å². The highest BCUT2D eigenvalue weighted by Gasteiger charge is 2.04. The van der Waals surface area contributed by atoms with Gasteiger partial charge < -0.3 is 9.73 Å². The predicted octanol–water partition coefficient (Wildman–Crippen LogP) is 5.88. The van der Waals surface area contributed by atoms with Crippen LogP contribution in [0.1, 0.15) is 18.2 Å². The molecule has 3 aromatic rings. The van der Waals surface area contributed by atoms with Crippen LogP contribution in [0.15, 0.2) is 69.6 Å². The van der Waals surface area contributed by atoms with Gasteiger partial charge in [-0.15, -0.1) is 0 Å². The average Bonchev–Trinajstić information content (AvgIpc) is 3.03. The van der Waals surface area contributed by atoms with Crippen molar-refractivity contribution in [3.63, 3.8) is 0 Å². The van der Waals surface area contributed by atoms with E-state index in [1.807, 2.05) is 36.4 Å². The zero-order valence-electron chi connectivity index (χ0n) is 12.5. The van der Waals surface area contributed by atoms with Crippen LogP contribution in [0.3, 0.4) is 0 Å². The van der Waals surface area contributed by atoms with Crippen LogP contribution in [0.2, 0.25) is 0 Å². The molecule has 1 N–H and O–H groups in total. The summed E-state index contributed by atoms with van der Waals surface area (Å²) in [5.41, 5.74) is 3.54. The molecule has 112 valence electrons. The van der Waals surface area contributed by atoms with Gasteiger partial charge in [0.2, 0.25) is 0 Å². The minimum absolute atomic E-state index is 0.683. The van der Waals surface area contributed by atoms with Crippen molar-refractivity contribution >= 4 is 21.6 Å². The van der Waals surface area contributed by atoms with Crippen molar-refractivity contribution in [2.45, 2.75) is 19.9 Å². The number of benzene rings is 2. The van der Waals surface area contributed by atoms with Crippen LogP contribution in [0.5, 0.6) is 0 Å². The van der Waals surface area contributed by atoms with Crippen molar-refractivity contribution in [3.05, 3.63) is 76.5 Å². The molecule has 0 aliphatic carbocycles. The molecule has 0 radical (unpaired) electrons. The largest absolute Gasteiger partial charge is 0.459 e. The Bertz CT molecular complexity index is 729. The Hall–Kier alpha value is -2.00. The highest BCUT2D eigenvalue weighted by molar-refractivity contribution is 9.10. The summed E-state index contributed by atoms with van der Waals surface area (Å²) in [7, 11) is 0. The monoisotopic (exact) mass is 355 g/mol. The first-order valence-electron chi connectivity index (χ1n) is 7.42. The standard InChI is InChI=1S/C19H18BrNO/c1-2-14-3-9-17(10-4-14)21-13-18-11-12-19(22-18)15-5-7-16(20)8-6-15/h3-12,21H,2,13H2,1H3. The first kappa shape index (κ1) is 14.9. The maximum absolute atomic E-state index is 5.90. The molecular weight excluding hydrogens is 338 g/mol. The van der Waals surface area contributed by atoms with Gasteiger partial charge in [-0.2, -0.15) is 0 Å². The van der Waals surface area contributed by atoms with Crippen molar-refractivity contribution in [2.24, 2.45) is 0 Å². The maximum atomic E-state index is 5.90. The van der Waals surface area contributed by atoms with E-state index < -0.39 is 0 Å². The first-order valence-corrected chi connectivity index (χ1v) is 8.21. The normalized spacial score (nSPS) is 10.6. The fourth-order valence-corrected chi connectivity index (χ4v) is 2.55. The minimum Gasteiger partial charge on any atom is -0.459 e. The number of aryl methyl sites for hydroxylation is 1. The van der Waals surface area contributed by atoms with Crippen molar-refractivity contribution in [1.29, 1.82) is 0 Å². The van der Waals surface area contributed by atoms with Crippen LogP contribution in [-0.4, -0.2) is 0 Å². The van der Waals surface area contributed by atoms with Gasteiger partial charge in [-0.1, -0.05) is 47.1 Å². The molecule has 22 heavy (non-hydrogen) atoms. The first-order chi connectivity index (χ1) is 10.7. The molecule has 0 bridgehead atoms. The second-order valence-electron chi connectivity index (χ2n) is 5.18. The summed E-state index contributed by atoms with van der Waals surface area (Å²) in [6.07, 6.45) is 1.06. The van der Waals surface area contributed by atoms with E-state index in [0.29, 0.717) is 6.54 Å². The molecule has 0 fully saturated rings. The summed E-state index contributed by atoms with van der Waals surface area (Å²) in [6.45, 7) is 2.84. The molecule has 0 aliphatic rings. The number of furan rings is 1. The molecule has 0 unspecified atom stereocenters. The van der Waals surface area contributed by atoms with Gasteiger partial charge in [-0.3, -0.25) is 0 Å². The van der Waals surface area contributed by atoms with Crippen molar-refractivity contribution in [2.75, 3.05) is 5.32 Å². The third kappa shape index (κ3) is 3.60. The van der Waals surface area contributed by atoms with E-state index in [2.05, 4.69) is 52.4 Å². The summed E-state index contributed by atoms with van der Waals surface area (Å²) in [5.74, 6) is 1.82. The summed E-state index contributed by atoms with van der Waals surface area (Å²) in [4.78, 5) is 0. The minimum atomic E-state index is 0.683. The number of hydrogen-bond acceptors (Lipinski definition) is 2. The molecule has 3 rings (SSSR count). The van der Waals surface area contributed by atoms with E-state index in [0.717, 1.165) is 33.7 Å². The van der Waals surface area contributed by atoms with Gasteiger partial charge in [-0.05, 0) is 48.4 Å². The zero-order chi connectivity index (χ0) is 15.4. The Morgan fingerprint density at radius 3 is 2.32 bits per heavy atom. The third-order valence-corrected chi connectivity index (χ3v) is 4.15. The number of rotatable bonds is 5. The molecule has 0 saturated heterocycles. The fraction of sp³-hybridized carbons (Fsp3) is 0.158. The molecule has 0 spiro atoms. The fourth-order valence-electron chi connectivity index (χ4n) is 2.29. The van der Waals surface area contributed by atoms with Crippen LogP contribution >= 0.6 is 15.9 Å². The molecule has 0 saturated carbocycles. The molecule has 0 aliphatic heterocycles. The highest BCUT2D eigenvalue weighted by Crippen LogP contribution is 2.24. The van der Waals surface area contributed by atoms with E-state index in [4.69, 9.17) is 4.42 Å². The summed E-state index contributed by atoms with van der Waals surface area (Å²) < 4.78 is 6.97. The van der Waals surface area contributed by atoms with Gasteiger partial charge >= 0.3 is 0 Å². The zero-order valence-corrected chi connectivity index (χ0v) is 14.1. The van der Waals surface area contributed by atoms with Gasteiger partial charge in [-0.25, -0.2) is 0 Å². The van der Waals surface area contributed by atoms with Crippen LogP contribution in [0.4, 0.5) is 5.69 Å². The van der Waals surface area contributed by atoms with Crippen molar-refractivity contribution in [3.8, 4) is 11.3 Å². The van der Waals surface area contributed by atoms with E-state index in [-0.39, 0.29) is 0 Å². The lowest BCUT2D eigenvalue weighted by atomic mass is 10.1. The molecule has 0 atom stereocenters. The predicted molar refractivity (Wildman–Crippen MR) is 95.0 cm³/mol. The molecule has 2 aromatic carbocycles. The molecule has 2 nitrogen and oxygen atoms in total. The maximum Gasteiger partial charge on any atom is 0.134 e. The second-order valence-corrected chi connectivity index (χ2v) is 6.09. The van der Waals surface area contributed by atoms with E-state index in [9.17, 15) is 0 Å². The Kier molecular flexibility index (Phi) is 4.64. The van der Waals surface area contributed by atoms with Gasteiger partial charge in [0.15, 0.2) is 0 Å². The van der Waals surface area contributed by atoms with Crippen LogP contribution in [0, 0.1) is 0 Å². The second kappa shape index (κ2) is 6.84. The van der Waals surface area contributed by atoms with Gasteiger partial charge in [0.25, 0.3) is 0 Å². The summed E-state index contributed by atoms with van der Waals surface area (Å²) >= 11 is 3.44. The number of hydrogen-bond donors (Lipinski definition) is 1. The average molecular weight is 356 g/mol. The van der Waals surface area contributed by atoms with Gasteiger partial charge in [0.1, 0.15) is 11.5 Å². The van der Waals surface area contributed by atoms with Crippen LogP contribution in [-0.2, 0) is 13.0 Å². The smallest absolute Gasteiger partial charge is 0.134 e. The van der Waals surface area contributed by atoms with Crippen molar-refractivity contribution in [1.82, 2.24) is 0 Å². The Morgan fingerprint density at radius 2 is 1.64 bits per heavy atom. The van der Waals surface area contributed by atoms with E-state index in [1.54, 1.807) is 0 Å². The molecule has 0 amide bonds. The lowest BCUT2D eigenvalue weighted by molar-refractivity contribution is 0.531. The lowest BCUT2D eigenvalue weighted by Crippen LogP contribution is -1.97. The molecule has 1 heterocycles. The van der Waals surface area contributed by atoms with Gasteiger partial charge in [0, 0.05) is 15.7 Å². The van der Waals surface area contributed by atoms with Gasteiger partial charge in [0.05, 0.1) is 6.54 Å². The summed E-state index contributed by atoms with van der Waals surface area (Å²) in [5, 5.41) is 3.38. The third-order valence-electron chi connectivity index (χ3n) is 3.62. The topological polar surface area (TPSA) is 25.2 Å². The van der Waals surface area contributed by atoms with Crippen LogP contribution in [0.25, 0.3) is 11.3 Å².